The Morgan fingerprint density at radius 3 is 3.04 bits per heavy atom. The van der Waals surface area contributed by atoms with Crippen molar-refractivity contribution in [3.05, 3.63) is 52.7 Å². The Balaban J connectivity index is 1.40. The Hall–Kier alpha value is -1.27. The van der Waals surface area contributed by atoms with Gasteiger partial charge in [-0.3, -0.25) is 4.90 Å². The number of nitrogens with one attached hydrogen (secondary N) is 2. The van der Waals surface area contributed by atoms with E-state index in [-0.39, 0.29) is 0 Å². The molecule has 25 heavy (non-hydrogen) atoms. The Morgan fingerprint density at radius 2 is 2.16 bits per heavy atom. The summed E-state index contributed by atoms with van der Waals surface area (Å²) in [6.45, 7) is 2.00. The van der Waals surface area contributed by atoms with Gasteiger partial charge in [-0.05, 0) is 54.6 Å². The number of benzene rings is 2. The number of rotatable bonds is 2. The third-order valence-corrected chi connectivity index (χ3v) is 7.20. The molecule has 1 unspecified atom stereocenters. The van der Waals surface area contributed by atoms with Gasteiger partial charge in [0, 0.05) is 50.2 Å². The van der Waals surface area contributed by atoms with Crippen molar-refractivity contribution in [2.75, 3.05) is 18.1 Å². The summed E-state index contributed by atoms with van der Waals surface area (Å²) >= 11 is 9.91. The highest BCUT2D eigenvalue weighted by Crippen LogP contribution is 2.43. The summed E-state index contributed by atoms with van der Waals surface area (Å²) in [7, 11) is 0. The molecular weight excluding hydrogens is 370 g/mol. The van der Waals surface area contributed by atoms with Gasteiger partial charge in [0.25, 0.3) is 0 Å². The van der Waals surface area contributed by atoms with E-state index < -0.39 is 0 Å². The molecule has 2 aromatic carbocycles. The Labute approximate surface area is 160 Å². The van der Waals surface area contributed by atoms with Gasteiger partial charge in [0.05, 0.1) is 0 Å². The van der Waals surface area contributed by atoms with Crippen molar-refractivity contribution < 1.29 is 0 Å². The molecule has 2 aliphatic heterocycles. The topological polar surface area (TPSA) is 31.1 Å². The van der Waals surface area contributed by atoms with E-state index in [1.807, 2.05) is 17.8 Å². The fourth-order valence-corrected chi connectivity index (χ4v) is 5.62. The average molecular weight is 388 g/mol. The molecule has 128 valence electrons. The maximum absolute atomic E-state index is 6.19. The van der Waals surface area contributed by atoms with Crippen molar-refractivity contribution in [2.24, 2.45) is 0 Å². The predicted molar refractivity (Wildman–Crippen MR) is 109 cm³/mol. The van der Waals surface area contributed by atoms with Crippen molar-refractivity contribution >= 4 is 51.7 Å². The van der Waals surface area contributed by atoms with Crippen LogP contribution in [0.5, 0.6) is 0 Å². The summed E-state index contributed by atoms with van der Waals surface area (Å²) < 4.78 is 0. The number of aromatic amines is 1. The summed E-state index contributed by atoms with van der Waals surface area (Å²) in [5, 5.41) is 5.76. The maximum Gasteiger partial charge on any atom is 0.133 e. The average Bonchev–Trinajstić information content (AvgIpc) is 3.21. The minimum absolute atomic E-state index is 0.301. The fraction of sp³-hybridized carbons (Fsp3) is 0.263. The number of hydrogen-bond acceptors (Lipinski definition) is 4. The van der Waals surface area contributed by atoms with Gasteiger partial charge in [0.2, 0.25) is 0 Å². The number of thioether (sulfide) groups is 2. The van der Waals surface area contributed by atoms with Crippen LogP contribution in [0, 0.1) is 0 Å². The first kappa shape index (κ1) is 15.9. The van der Waals surface area contributed by atoms with Gasteiger partial charge in [-0.2, -0.15) is 0 Å². The molecule has 0 saturated carbocycles. The van der Waals surface area contributed by atoms with Gasteiger partial charge in [-0.15, -0.1) is 11.8 Å². The molecule has 0 saturated heterocycles. The molecule has 5 rings (SSSR count). The second kappa shape index (κ2) is 6.16. The second-order valence-corrected chi connectivity index (χ2v) is 8.91. The van der Waals surface area contributed by atoms with Crippen molar-refractivity contribution in [2.45, 2.75) is 28.3 Å². The molecule has 2 N–H and O–H groups in total. The Bertz CT molecular complexity index is 969. The zero-order chi connectivity index (χ0) is 17.0. The van der Waals surface area contributed by atoms with Crippen LogP contribution in [0.3, 0.4) is 0 Å². The van der Waals surface area contributed by atoms with E-state index >= 15 is 0 Å². The lowest BCUT2D eigenvalue weighted by Crippen LogP contribution is -2.40. The molecule has 0 bridgehead atoms. The zero-order valence-electron chi connectivity index (χ0n) is 13.8. The molecule has 3 heterocycles. The number of H-pyrrole nitrogens is 1. The number of hydrogen-bond donors (Lipinski definition) is 2. The first-order valence-electron chi connectivity index (χ1n) is 8.35. The van der Waals surface area contributed by atoms with Crippen LogP contribution in [0.15, 0.2) is 46.2 Å². The zero-order valence-corrected chi connectivity index (χ0v) is 16.2. The summed E-state index contributed by atoms with van der Waals surface area (Å²) in [5.41, 5.74) is 5.50. The van der Waals surface area contributed by atoms with Gasteiger partial charge < -0.3 is 10.3 Å². The number of aromatic nitrogens is 1. The van der Waals surface area contributed by atoms with Crippen LogP contribution < -0.4 is 5.32 Å². The van der Waals surface area contributed by atoms with Crippen molar-refractivity contribution in [3.8, 4) is 0 Å². The van der Waals surface area contributed by atoms with Crippen LogP contribution >= 0.6 is 35.1 Å². The van der Waals surface area contributed by atoms with Gasteiger partial charge in [0.1, 0.15) is 5.50 Å². The number of anilines is 1. The summed E-state index contributed by atoms with van der Waals surface area (Å²) in [6.07, 6.45) is 3.18. The fourth-order valence-electron chi connectivity index (χ4n) is 3.73. The van der Waals surface area contributed by atoms with Crippen LogP contribution in [0.25, 0.3) is 10.9 Å². The Morgan fingerprint density at radius 1 is 1.24 bits per heavy atom. The molecule has 3 aromatic rings. The van der Waals surface area contributed by atoms with Gasteiger partial charge in [-0.25, -0.2) is 0 Å². The lowest BCUT2D eigenvalue weighted by Gasteiger charge is -2.31. The first-order valence-corrected chi connectivity index (χ1v) is 10.8. The number of halogens is 1. The molecule has 0 radical (unpaired) electrons. The van der Waals surface area contributed by atoms with Gasteiger partial charge in [-0.1, -0.05) is 23.4 Å². The maximum atomic E-state index is 6.19. The van der Waals surface area contributed by atoms with Crippen LogP contribution in [-0.4, -0.2) is 28.2 Å². The SMILES string of the molecule is CSc1ccc2c(c1)SC(N1CCc3c([nH]c4ccc(Cl)cc34)C1)N2. The molecule has 6 heteroatoms. The third-order valence-electron chi connectivity index (χ3n) is 5.00. The molecule has 1 atom stereocenters. The number of nitrogens with zero attached hydrogens (tertiary/aromatic N) is 1. The highest BCUT2D eigenvalue weighted by Gasteiger charge is 2.31. The van der Waals surface area contributed by atoms with Gasteiger partial charge >= 0.3 is 0 Å². The molecule has 3 nitrogen and oxygen atoms in total. The standard InChI is InChI=1S/C19H18ClN3S2/c1-24-12-3-5-16-18(9-12)25-19(22-16)23-7-6-13-14-8-11(20)2-4-15(14)21-17(13)10-23/h2-5,8-9,19,21-22H,6-7,10H2,1H3. The van der Waals surface area contributed by atoms with E-state index in [0.29, 0.717) is 5.50 Å². The second-order valence-electron chi connectivity index (χ2n) is 6.47. The van der Waals surface area contributed by atoms with Crippen LogP contribution in [0.2, 0.25) is 5.02 Å². The van der Waals surface area contributed by atoms with Crippen molar-refractivity contribution in [1.29, 1.82) is 0 Å². The predicted octanol–water partition coefficient (Wildman–Crippen LogP) is 5.40. The minimum Gasteiger partial charge on any atom is -0.360 e. The van der Waals surface area contributed by atoms with E-state index in [1.165, 1.54) is 37.6 Å². The monoisotopic (exact) mass is 387 g/mol. The highest BCUT2D eigenvalue weighted by atomic mass is 35.5. The first-order chi connectivity index (χ1) is 12.2. The van der Waals surface area contributed by atoms with E-state index in [0.717, 1.165) is 24.5 Å². The van der Waals surface area contributed by atoms with Crippen molar-refractivity contribution in [1.82, 2.24) is 9.88 Å². The molecule has 2 aliphatic rings. The normalized spacial score (nSPS) is 19.7. The molecular formula is C19H18ClN3S2. The number of fused-ring (bicyclic) bond motifs is 4. The molecule has 0 spiro atoms. The van der Waals surface area contributed by atoms with E-state index in [2.05, 4.69) is 51.8 Å². The quantitative estimate of drug-likeness (QED) is 0.576. The lowest BCUT2D eigenvalue weighted by atomic mass is 10.0. The summed E-state index contributed by atoms with van der Waals surface area (Å²) in [5.74, 6) is 0. The molecule has 0 aliphatic carbocycles. The molecule has 0 fully saturated rings. The van der Waals surface area contributed by atoms with Crippen LogP contribution in [-0.2, 0) is 13.0 Å². The lowest BCUT2D eigenvalue weighted by molar-refractivity contribution is 0.251. The largest absolute Gasteiger partial charge is 0.360 e. The van der Waals surface area contributed by atoms with E-state index in [9.17, 15) is 0 Å². The molecule has 1 aromatic heterocycles. The smallest absolute Gasteiger partial charge is 0.133 e. The molecule has 0 amide bonds. The summed E-state index contributed by atoms with van der Waals surface area (Å²) in [6, 6.07) is 12.8. The third kappa shape index (κ3) is 2.74. The highest BCUT2D eigenvalue weighted by molar-refractivity contribution is 8.00. The minimum atomic E-state index is 0.301. The van der Waals surface area contributed by atoms with Crippen LogP contribution in [0.1, 0.15) is 11.3 Å². The van der Waals surface area contributed by atoms with Crippen LogP contribution in [0.4, 0.5) is 5.69 Å². The van der Waals surface area contributed by atoms with Crippen molar-refractivity contribution in [3.63, 3.8) is 0 Å². The van der Waals surface area contributed by atoms with Gasteiger partial charge in [0.15, 0.2) is 0 Å². The van der Waals surface area contributed by atoms with E-state index in [4.69, 9.17) is 11.6 Å². The van der Waals surface area contributed by atoms with E-state index in [1.54, 1.807) is 11.8 Å². The Kier molecular flexibility index (Phi) is 3.93. The summed E-state index contributed by atoms with van der Waals surface area (Å²) in [4.78, 5) is 8.79.